The minimum atomic E-state index is -1.48. The Balaban J connectivity index is 1.75. The number of ketones is 2. The fourth-order valence-electron chi connectivity index (χ4n) is 4.29. The molecule has 0 bridgehead atoms. The summed E-state index contributed by atoms with van der Waals surface area (Å²) in [5.74, 6) is -5.48. The third kappa shape index (κ3) is 5.24. The van der Waals surface area contributed by atoms with Crippen molar-refractivity contribution in [1.82, 2.24) is 5.32 Å². The van der Waals surface area contributed by atoms with Crippen LogP contribution in [-0.2, 0) is 25.9 Å². The van der Waals surface area contributed by atoms with Gasteiger partial charge in [-0.25, -0.2) is 4.79 Å². The molecule has 193 valence electrons. The van der Waals surface area contributed by atoms with Crippen LogP contribution >= 0.6 is 0 Å². The average Bonchev–Trinajstić information content (AvgIpc) is 2.87. The number of fused-ring (bicyclic) bond motifs is 2. The zero-order valence-electron chi connectivity index (χ0n) is 20.2. The summed E-state index contributed by atoms with van der Waals surface area (Å²) in [6.45, 7) is 1.90. The lowest BCUT2D eigenvalue weighted by atomic mass is 9.81. The van der Waals surface area contributed by atoms with Crippen LogP contribution < -0.4 is 10.6 Å². The summed E-state index contributed by atoms with van der Waals surface area (Å²) >= 11 is 0. The van der Waals surface area contributed by atoms with Gasteiger partial charge in [-0.1, -0.05) is 42.0 Å². The van der Waals surface area contributed by atoms with Crippen molar-refractivity contribution in [3.63, 3.8) is 0 Å². The quantitative estimate of drug-likeness (QED) is 0.262. The molecule has 1 aliphatic carbocycles. The van der Waals surface area contributed by atoms with Gasteiger partial charge in [0.2, 0.25) is 5.91 Å². The van der Waals surface area contributed by atoms with Crippen molar-refractivity contribution in [2.45, 2.75) is 32.2 Å². The molecular weight excluding hydrogens is 492 g/mol. The van der Waals surface area contributed by atoms with Crippen LogP contribution in [0, 0.1) is 6.92 Å². The predicted molar refractivity (Wildman–Crippen MR) is 134 cm³/mol. The highest BCUT2D eigenvalue weighted by Gasteiger charge is 2.36. The molecule has 1 amide bonds. The summed E-state index contributed by atoms with van der Waals surface area (Å²) < 4.78 is 0. The highest BCUT2D eigenvalue weighted by atomic mass is 16.4. The van der Waals surface area contributed by atoms with Crippen LogP contribution in [0.2, 0.25) is 0 Å². The van der Waals surface area contributed by atoms with E-state index in [1.54, 1.807) is 24.3 Å². The molecule has 3 aromatic rings. The molecule has 0 saturated carbocycles. The monoisotopic (exact) mass is 515 g/mol. The summed E-state index contributed by atoms with van der Waals surface area (Å²) in [4.78, 5) is 61.8. The first-order chi connectivity index (χ1) is 18.1. The van der Waals surface area contributed by atoms with Crippen molar-refractivity contribution < 1.29 is 39.3 Å². The number of aryl methyl sites for hydroxylation is 1. The van der Waals surface area contributed by atoms with Gasteiger partial charge in [0.15, 0.2) is 17.3 Å². The SMILES string of the molecule is Cc1ccc(Nc2cc(CC(=O)NC(CCC(=O)O)C(=O)O)c([O])c3c2C(=O)c2ccccc2C3=O)cc1. The van der Waals surface area contributed by atoms with E-state index < -0.39 is 54.0 Å². The second kappa shape index (κ2) is 10.6. The van der Waals surface area contributed by atoms with Gasteiger partial charge in [0.25, 0.3) is 0 Å². The number of hydrogen-bond acceptors (Lipinski definition) is 6. The highest BCUT2D eigenvalue weighted by molar-refractivity contribution is 6.31. The number of carbonyl (C=O) groups is 5. The number of amides is 1. The Bertz CT molecular complexity index is 1480. The van der Waals surface area contributed by atoms with Crippen LogP contribution in [-0.4, -0.2) is 45.7 Å². The maximum Gasteiger partial charge on any atom is 0.326 e. The van der Waals surface area contributed by atoms with Gasteiger partial charge >= 0.3 is 11.9 Å². The molecule has 0 aliphatic heterocycles. The number of benzene rings is 3. The number of carbonyl (C=O) groups excluding carboxylic acids is 3. The molecule has 4 N–H and O–H groups in total. The number of rotatable bonds is 9. The average molecular weight is 515 g/mol. The fraction of sp³-hybridized carbons (Fsp3) is 0.179. The third-order valence-corrected chi connectivity index (χ3v) is 6.19. The number of carboxylic acid groups (broad SMARTS) is 2. The number of anilines is 2. The summed E-state index contributed by atoms with van der Waals surface area (Å²) in [5.41, 5.74) is 1.35. The molecule has 38 heavy (non-hydrogen) atoms. The van der Waals surface area contributed by atoms with Gasteiger partial charge in [-0.2, -0.15) is 0 Å². The largest absolute Gasteiger partial charge is 0.481 e. The van der Waals surface area contributed by atoms with Crippen LogP contribution in [0.4, 0.5) is 11.4 Å². The molecule has 1 radical (unpaired) electrons. The van der Waals surface area contributed by atoms with Crippen LogP contribution in [0.15, 0.2) is 54.6 Å². The molecule has 0 saturated heterocycles. The zero-order chi connectivity index (χ0) is 27.6. The first-order valence-corrected chi connectivity index (χ1v) is 11.7. The standard InChI is InChI=1S/C28H23N2O8/c1-14-6-8-16(9-7-14)29-20-12-15(13-21(31)30-19(28(37)38)10-11-22(32)33)25(34)24-23(20)26(35)17-4-2-3-5-18(17)27(24)36/h2-9,12,19,29H,10-11,13H2,1H3,(H,30,31)(H,32,33)(H,37,38). The van der Waals surface area contributed by atoms with E-state index in [0.717, 1.165) is 5.56 Å². The molecule has 1 unspecified atom stereocenters. The number of nitrogens with one attached hydrogen (secondary N) is 2. The molecule has 1 aliphatic rings. The zero-order valence-corrected chi connectivity index (χ0v) is 20.2. The van der Waals surface area contributed by atoms with Gasteiger partial charge in [-0.05, 0) is 31.5 Å². The molecule has 3 aromatic carbocycles. The van der Waals surface area contributed by atoms with Gasteiger partial charge in [0.1, 0.15) is 6.04 Å². The van der Waals surface area contributed by atoms with Crippen molar-refractivity contribution in [2.24, 2.45) is 0 Å². The molecule has 1 atom stereocenters. The van der Waals surface area contributed by atoms with Gasteiger partial charge in [0.05, 0.1) is 23.2 Å². The third-order valence-electron chi connectivity index (χ3n) is 6.19. The lowest BCUT2D eigenvalue weighted by molar-refractivity contribution is -0.143. The van der Waals surface area contributed by atoms with E-state index >= 15 is 0 Å². The minimum absolute atomic E-state index is 0.0737. The Labute approximate surface area is 216 Å². The Morgan fingerprint density at radius 1 is 0.895 bits per heavy atom. The van der Waals surface area contributed by atoms with Crippen molar-refractivity contribution in [2.75, 3.05) is 5.32 Å². The molecule has 10 heteroatoms. The lowest BCUT2D eigenvalue weighted by Gasteiger charge is -2.23. The van der Waals surface area contributed by atoms with Gasteiger partial charge < -0.3 is 20.8 Å². The highest BCUT2D eigenvalue weighted by Crippen LogP contribution is 2.41. The topological polar surface area (TPSA) is 170 Å². The first kappa shape index (κ1) is 26.1. The van der Waals surface area contributed by atoms with Crippen LogP contribution in [0.3, 0.4) is 0 Å². The van der Waals surface area contributed by atoms with E-state index in [4.69, 9.17) is 5.11 Å². The normalized spacial score (nSPS) is 12.8. The summed E-state index contributed by atoms with van der Waals surface area (Å²) in [5, 5.41) is 36.9. The number of carboxylic acids is 2. The van der Waals surface area contributed by atoms with E-state index in [2.05, 4.69) is 10.6 Å². The van der Waals surface area contributed by atoms with Gasteiger partial charge in [-0.15, -0.1) is 0 Å². The predicted octanol–water partition coefficient (Wildman–Crippen LogP) is 3.63. The minimum Gasteiger partial charge on any atom is -0.481 e. The van der Waals surface area contributed by atoms with Gasteiger partial charge in [0, 0.05) is 28.8 Å². The molecule has 0 spiro atoms. The fourth-order valence-corrected chi connectivity index (χ4v) is 4.29. The second-order valence-electron chi connectivity index (χ2n) is 8.92. The number of hydrogen-bond donors (Lipinski definition) is 4. The smallest absolute Gasteiger partial charge is 0.326 e. The number of aliphatic carboxylic acids is 2. The lowest BCUT2D eigenvalue weighted by Crippen LogP contribution is -2.41. The van der Waals surface area contributed by atoms with E-state index in [0.29, 0.717) is 5.69 Å². The Morgan fingerprint density at radius 3 is 2.08 bits per heavy atom. The van der Waals surface area contributed by atoms with Crippen molar-refractivity contribution in [3.8, 4) is 5.75 Å². The molecule has 0 fully saturated rings. The second-order valence-corrected chi connectivity index (χ2v) is 8.92. The molecular formula is C28H23N2O8. The van der Waals surface area contributed by atoms with Gasteiger partial charge in [-0.3, -0.25) is 24.3 Å². The first-order valence-electron chi connectivity index (χ1n) is 11.7. The molecule has 0 heterocycles. The van der Waals surface area contributed by atoms with Crippen molar-refractivity contribution in [3.05, 3.63) is 88.0 Å². The molecule has 0 aromatic heterocycles. The van der Waals surface area contributed by atoms with E-state index in [9.17, 15) is 34.2 Å². The maximum atomic E-state index is 13.4. The molecule has 10 nitrogen and oxygen atoms in total. The Hall–Kier alpha value is -4.99. The Kier molecular flexibility index (Phi) is 7.24. The van der Waals surface area contributed by atoms with E-state index in [-0.39, 0.29) is 39.9 Å². The Morgan fingerprint density at radius 2 is 1.50 bits per heavy atom. The summed E-state index contributed by atoms with van der Waals surface area (Å²) in [6.07, 6.45) is -1.42. The van der Waals surface area contributed by atoms with Crippen LogP contribution in [0.25, 0.3) is 0 Å². The van der Waals surface area contributed by atoms with Crippen LogP contribution in [0.5, 0.6) is 5.75 Å². The summed E-state index contributed by atoms with van der Waals surface area (Å²) in [7, 11) is 0. The maximum absolute atomic E-state index is 13.4. The van der Waals surface area contributed by atoms with Crippen LogP contribution in [0.1, 0.15) is 55.8 Å². The molecule has 4 rings (SSSR count). The van der Waals surface area contributed by atoms with E-state index in [1.165, 1.54) is 18.2 Å². The van der Waals surface area contributed by atoms with Crippen molar-refractivity contribution in [1.29, 1.82) is 0 Å². The van der Waals surface area contributed by atoms with E-state index in [1.807, 2.05) is 19.1 Å². The van der Waals surface area contributed by atoms with Crippen molar-refractivity contribution >= 4 is 40.8 Å². The summed E-state index contributed by atoms with van der Waals surface area (Å²) in [6, 6.07) is 13.1.